The van der Waals surface area contributed by atoms with Crippen molar-refractivity contribution in [1.29, 1.82) is 0 Å². The fraction of sp³-hybridized carbons (Fsp3) is 0.579. The molecule has 1 aromatic rings. The Bertz CT molecular complexity index is 661. The van der Waals surface area contributed by atoms with Gasteiger partial charge in [-0.05, 0) is 37.6 Å². The van der Waals surface area contributed by atoms with Gasteiger partial charge in [0.25, 0.3) is 5.91 Å². The fourth-order valence-corrected chi connectivity index (χ4v) is 3.37. The summed E-state index contributed by atoms with van der Waals surface area (Å²) in [6, 6.07) is 6.72. The summed E-state index contributed by atoms with van der Waals surface area (Å²) in [5.41, 5.74) is 1.21. The lowest BCUT2D eigenvalue weighted by atomic mass is 9.96. The van der Waals surface area contributed by atoms with E-state index in [1.54, 1.807) is 24.3 Å². The Morgan fingerprint density at radius 3 is 2.26 bits per heavy atom. The molecule has 1 heterocycles. The van der Waals surface area contributed by atoms with Crippen molar-refractivity contribution >= 4 is 17.6 Å². The van der Waals surface area contributed by atoms with Gasteiger partial charge in [-0.25, -0.2) is 0 Å². The summed E-state index contributed by atoms with van der Waals surface area (Å²) < 4.78 is 39.3. The molecule has 1 amide bonds. The molecule has 0 unspecified atom stereocenters. The second-order valence-electron chi connectivity index (χ2n) is 6.78. The number of carboxylic acid groups (broad SMARTS) is 1. The smallest absolute Gasteiger partial charge is 0.394 e. The van der Waals surface area contributed by atoms with Gasteiger partial charge in [0.05, 0.1) is 11.8 Å². The molecule has 5 nitrogen and oxygen atoms in total. The third kappa shape index (κ3) is 4.93. The van der Waals surface area contributed by atoms with E-state index in [1.807, 2.05) is 6.92 Å². The van der Waals surface area contributed by atoms with Crippen LogP contribution in [0.5, 0.6) is 0 Å². The highest BCUT2D eigenvalue weighted by Crippen LogP contribution is 2.38. The number of aliphatic carboxylic acids is 1. The Kier molecular flexibility index (Phi) is 6.73. The molecule has 0 radical (unpaired) electrons. The predicted octanol–water partition coefficient (Wildman–Crippen LogP) is 3.65. The third-order valence-electron chi connectivity index (χ3n) is 4.99. The number of likely N-dealkylation sites (tertiary alicyclic amines) is 1. The van der Waals surface area contributed by atoms with Crippen LogP contribution in [0.25, 0.3) is 0 Å². The molecule has 1 saturated heterocycles. The van der Waals surface area contributed by atoms with Crippen LogP contribution in [0.2, 0.25) is 0 Å². The third-order valence-corrected chi connectivity index (χ3v) is 4.99. The number of carbonyl (C=O) groups excluding carboxylic acids is 1. The van der Waals surface area contributed by atoms with Crippen LogP contribution in [-0.4, -0.2) is 54.2 Å². The minimum Gasteiger partial charge on any atom is -0.481 e. The molecule has 1 aliphatic heterocycles. The van der Waals surface area contributed by atoms with Gasteiger partial charge < -0.3 is 14.9 Å². The van der Waals surface area contributed by atoms with Crippen molar-refractivity contribution in [2.75, 3.05) is 31.1 Å². The van der Waals surface area contributed by atoms with E-state index in [2.05, 4.69) is 11.8 Å². The first-order valence-corrected chi connectivity index (χ1v) is 9.12. The van der Waals surface area contributed by atoms with E-state index in [9.17, 15) is 22.8 Å². The number of carboxylic acids is 1. The maximum Gasteiger partial charge on any atom is 0.394 e. The second-order valence-corrected chi connectivity index (χ2v) is 6.78. The molecule has 150 valence electrons. The van der Waals surface area contributed by atoms with Crippen LogP contribution in [0.1, 0.15) is 37.0 Å². The highest BCUT2D eigenvalue weighted by molar-refractivity contribution is 5.95. The number of anilines is 1. The van der Waals surface area contributed by atoms with Crippen LogP contribution in [-0.2, 0) is 4.79 Å². The quantitative estimate of drug-likeness (QED) is 0.777. The molecular formula is C19H25F3N2O3. The normalized spacial score (nSPS) is 20.0. The van der Waals surface area contributed by atoms with Gasteiger partial charge in [0.2, 0.25) is 0 Å². The minimum atomic E-state index is -4.65. The van der Waals surface area contributed by atoms with Crippen molar-refractivity contribution in [3.8, 4) is 0 Å². The molecule has 0 spiro atoms. The maximum atomic E-state index is 13.1. The van der Waals surface area contributed by atoms with Crippen molar-refractivity contribution < 1.29 is 27.9 Å². The fourth-order valence-electron chi connectivity index (χ4n) is 3.37. The zero-order chi connectivity index (χ0) is 20.2. The van der Waals surface area contributed by atoms with Gasteiger partial charge in [0, 0.05) is 37.4 Å². The van der Waals surface area contributed by atoms with Gasteiger partial charge in [-0.1, -0.05) is 13.3 Å². The number of unbranched alkanes of at least 4 members (excludes halogenated alkanes) is 1. The predicted molar refractivity (Wildman–Crippen MR) is 95.8 cm³/mol. The van der Waals surface area contributed by atoms with Gasteiger partial charge in [0.1, 0.15) is 0 Å². The maximum absolute atomic E-state index is 13.1. The van der Waals surface area contributed by atoms with E-state index in [0.29, 0.717) is 0 Å². The van der Waals surface area contributed by atoms with E-state index >= 15 is 0 Å². The minimum absolute atomic E-state index is 0.261. The monoisotopic (exact) mass is 386 g/mol. The van der Waals surface area contributed by atoms with Crippen LogP contribution < -0.4 is 4.90 Å². The van der Waals surface area contributed by atoms with Crippen molar-refractivity contribution in [2.45, 2.75) is 32.9 Å². The van der Waals surface area contributed by atoms with Gasteiger partial charge in [0.15, 0.2) is 0 Å². The average Bonchev–Trinajstić information content (AvgIpc) is 3.08. The molecule has 0 bridgehead atoms. The number of rotatable bonds is 7. The topological polar surface area (TPSA) is 60.9 Å². The molecule has 27 heavy (non-hydrogen) atoms. The van der Waals surface area contributed by atoms with E-state index in [0.717, 1.165) is 36.5 Å². The Balaban J connectivity index is 2.12. The van der Waals surface area contributed by atoms with Crippen molar-refractivity contribution in [2.24, 2.45) is 11.8 Å². The molecule has 1 N–H and O–H groups in total. The van der Waals surface area contributed by atoms with E-state index < -0.39 is 43.0 Å². The lowest BCUT2D eigenvalue weighted by molar-refractivity contribution is -0.187. The lowest BCUT2D eigenvalue weighted by Gasteiger charge is -2.23. The zero-order valence-electron chi connectivity index (χ0n) is 15.5. The first kappa shape index (κ1) is 21.1. The number of carbonyl (C=O) groups is 2. The Morgan fingerprint density at radius 1 is 1.19 bits per heavy atom. The molecule has 0 aromatic heterocycles. The van der Waals surface area contributed by atoms with E-state index in [4.69, 9.17) is 5.11 Å². The van der Waals surface area contributed by atoms with Crippen molar-refractivity contribution in [3.05, 3.63) is 29.8 Å². The van der Waals surface area contributed by atoms with Gasteiger partial charge in [-0.15, -0.1) is 0 Å². The first-order chi connectivity index (χ1) is 12.7. The molecule has 2 atom stereocenters. The molecule has 0 saturated carbocycles. The number of hydrogen-bond donors (Lipinski definition) is 1. The number of hydrogen-bond acceptors (Lipinski definition) is 3. The van der Waals surface area contributed by atoms with Crippen LogP contribution in [0, 0.1) is 11.8 Å². The zero-order valence-corrected chi connectivity index (χ0v) is 15.5. The highest BCUT2D eigenvalue weighted by atomic mass is 19.4. The summed E-state index contributed by atoms with van der Waals surface area (Å²) >= 11 is 0. The number of alkyl halides is 3. The molecule has 0 aliphatic carbocycles. The summed E-state index contributed by atoms with van der Waals surface area (Å²) in [4.78, 5) is 26.9. The summed E-state index contributed by atoms with van der Waals surface area (Å²) in [5, 5.41) is 9.07. The average molecular weight is 386 g/mol. The van der Waals surface area contributed by atoms with Crippen LogP contribution in [0.3, 0.4) is 0 Å². The number of benzene rings is 1. The number of halogens is 3. The first-order valence-electron chi connectivity index (χ1n) is 9.12. The summed E-state index contributed by atoms with van der Waals surface area (Å²) in [5.74, 6) is -5.77. The van der Waals surface area contributed by atoms with Crippen molar-refractivity contribution in [3.63, 3.8) is 0 Å². The summed E-state index contributed by atoms with van der Waals surface area (Å²) in [6.07, 6.45) is -2.55. The van der Waals surface area contributed by atoms with Gasteiger partial charge in [-0.3, -0.25) is 9.59 Å². The van der Waals surface area contributed by atoms with E-state index in [1.165, 1.54) is 0 Å². The Morgan fingerprint density at radius 2 is 1.81 bits per heavy atom. The molecule has 1 aromatic carbocycles. The van der Waals surface area contributed by atoms with Crippen LogP contribution in [0.15, 0.2) is 24.3 Å². The standard InChI is InChI=1S/C19H25F3N2O3/c1-3-5-10-23(4-2)14-8-6-13(7-9-14)17(25)24-11-15(18(26)27)16(12-24)19(20,21)22/h6-9,15-16H,3-5,10-12H2,1-2H3,(H,26,27)/t15-,16-/m1/s1. The molecule has 2 rings (SSSR count). The second kappa shape index (κ2) is 8.63. The Hall–Kier alpha value is -2.25. The van der Waals surface area contributed by atoms with Crippen LogP contribution >= 0.6 is 0 Å². The van der Waals surface area contributed by atoms with Gasteiger partial charge in [-0.2, -0.15) is 13.2 Å². The van der Waals surface area contributed by atoms with Crippen molar-refractivity contribution in [1.82, 2.24) is 4.90 Å². The molecule has 1 aliphatic rings. The summed E-state index contributed by atoms with van der Waals surface area (Å²) in [6.45, 7) is 4.77. The largest absolute Gasteiger partial charge is 0.481 e. The lowest BCUT2D eigenvalue weighted by Crippen LogP contribution is -2.34. The molecular weight excluding hydrogens is 361 g/mol. The number of amides is 1. The summed E-state index contributed by atoms with van der Waals surface area (Å²) in [7, 11) is 0. The van der Waals surface area contributed by atoms with Crippen LogP contribution in [0.4, 0.5) is 18.9 Å². The highest BCUT2D eigenvalue weighted by Gasteiger charge is 2.53. The molecule has 8 heteroatoms. The Labute approximate surface area is 156 Å². The number of nitrogens with zero attached hydrogens (tertiary/aromatic N) is 2. The van der Waals surface area contributed by atoms with E-state index in [-0.39, 0.29) is 5.56 Å². The van der Waals surface area contributed by atoms with Gasteiger partial charge >= 0.3 is 12.1 Å². The SMILES string of the molecule is CCCCN(CC)c1ccc(C(=O)N2C[C@@H](C(F)(F)F)[C@H](C(=O)O)C2)cc1. The molecule has 1 fully saturated rings.